The second kappa shape index (κ2) is 4.06. The van der Waals surface area contributed by atoms with Gasteiger partial charge in [0.25, 0.3) is 0 Å². The molecule has 0 aromatic carbocycles. The summed E-state index contributed by atoms with van der Waals surface area (Å²) >= 11 is 1.40. The van der Waals surface area contributed by atoms with Gasteiger partial charge in [-0.05, 0) is 6.92 Å². The Morgan fingerprint density at radius 2 is 2.23 bits per heavy atom. The van der Waals surface area contributed by atoms with Gasteiger partial charge >= 0.3 is 6.18 Å². The zero-order valence-corrected chi connectivity index (χ0v) is 7.80. The summed E-state index contributed by atoms with van der Waals surface area (Å²) < 4.78 is 35.1. The number of thiazole rings is 1. The zero-order valence-electron chi connectivity index (χ0n) is 6.98. The number of hydrogen-bond acceptors (Lipinski definition) is 3. The van der Waals surface area contributed by atoms with Crippen molar-refractivity contribution in [1.29, 1.82) is 0 Å². The number of aromatic nitrogens is 1. The summed E-state index contributed by atoms with van der Waals surface area (Å²) in [7, 11) is 0. The van der Waals surface area contributed by atoms with E-state index in [0.717, 1.165) is 9.88 Å². The molecule has 2 nitrogen and oxygen atoms in total. The van der Waals surface area contributed by atoms with Gasteiger partial charge in [-0.3, -0.25) is 0 Å². The molecule has 0 aliphatic rings. The second-order valence-corrected chi connectivity index (χ2v) is 3.88. The summed E-state index contributed by atoms with van der Waals surface area (Å²) in [6.07, 6.45) is -2.55. The summed E-state index contributed by atoms with van der Waals surface area (Å²) in [5.74, 6) is 0. The zero-order chi connectivity index (χ0) is 9.90. The predicted molar refractivity (Wildman–Crippen MR) is 44.6 cm³/mol. The molecule has 1 N–H and O–H groups in total. The fraction of sp³-hybridized carbons (Fsp3) is 0.571. The first-order valence-corrected chi connectivity index (χ1v) is 4.48. The molecule has 0 unspecified atom stereocenters. The average molecular weight is 210 g/mol. The maximum atomic E-state index is 11.7. The monoisotopic (exact) mass is 210 g/mol. The van der Waals surface area contributed by atoms with E-state index in [2.05, 4.69) is 10.3 Å². The molecule has 0 spiro atoms. The van der Waals surface area contributed by atoms with Crippen LogP contribution >= 0.6 is 11.3 Å². The molecule has 0 amide bonds. The SMILES string of the molecule is Cc1ncc(CNCC(F)(F)F)s1. The fourth-order valence-corrected chi connectivity index (χ4v) is 1.58. The summed E-state index contributed by atoms with van der Waals surface area (Å²) in [6.45, 7) is 1.09. The van der Waals surface area contributed by atoms with Crippen molar-refractivity contribution in [3.63, 3.8) is 0 Å². The highest BCUT2D eigenvalue weighted by molar-refractivity contribution is 7.11. The minimum Gasteiger partial charge on any atom is -0.304 e. The lowest BCUT2D eigenvalue weighted by Crippen LogP contribution is -2.27. The molecule has 0 aliphatic carbocycles. The van der Waals surface area contributed by atoms with E-state index in [4.69, 9.17) is 0 Å². The van der Waals surface area contributed by atoms with E-state index in [1.165, 1.54) is 11.3 Å². The van der Waals surface area contributed by atoms with E-state index in [-0.39, 0.29) is 6.54 Å². The third kappa shape index (κ3) is 4.23. The largest absolute Gasteiger partial charge is 0.401 e. The Bertz CT molecular complexity index is 269. The van der Waals surface area contributed by atoms with Gasteiger partial charge in [-0.25, -0.2) is 4.98 Å². The molecule has 0 atom stereocenters. The van der Waals surface area contributed by atoms with Gasteiger partial charge in [0.05, 0.1) is 11.6 Å². The molecule has 0 saturated carbocycles. The third-order valence-electron chi connectivity index (χ3n) is 1.29. The Hall–Kier alpha value is -0.620. The van der Waals surface area contributed by atoms with Crippen molar-refractivity contribution in [2.24, 2.45) is 0 Å². The molecule has 6 heteroatoms. The lowest BCUT2D eigenvalue weighted by Gasteiger charge is -2.05. The van der Waals surface area contributed by atoms with Gasteiger partial charge < -0.3 is 5.32 Å². The Morgan fingerprint density at radius 1 is 1.54 bits per heavy atom. The van der Waals surface area contributed by atoms with Crippen molar-refractivity contribution in [3.8, 4) is 0 Å². The lowest BCUT2D eigenvalue weighted by atomic mass is 10.5. The van der Waals surface area contributed by atoms with Crippen LogP contribution in [0.3, 0.4) is 0 Å². The maximum absolute atomic E-state index is 11.7. The summed E-state index contributed by atoms with van der Waals surface area (Å²) in [4.78, 5) is 4.75. The summed E-state index contributed by atoms with van der Waals surface area (Å²) in [5.41, 5.74) is 0. The highest BCUT2D eigenvalue weighted by Gasteiger charge is 2.26. The standard InChI is InChI=1S/C7H9F3N2S/c1-5-12-3-6(13-5)2-11-4-7(8,9)10/h3,11H,2,4H2,1H3. The number of aryl methyl sites for hydroxylation is 1. The van der Waals surface area contributed by atoms with Crippen LogP contribution in [-0.4, -0.2) is 17.7 Å². The molecule has 0 aliphatic heterocycles. The van der Waals surface area contributed by atoms with Gasteiger partial charge in [0, 0.05) is 17.6 Å². The summed E-state index contributed by atoms with van der Waals surface area (Å²) in [6, 6.07) is 0. The van der Waals surface area contributed by atoms with Crippen LogP contribution in [0, 0.1) is 6.92 Å². The van der Waals surface area contributed by atoms with Crippen molar-refractivity contribution in [2.45, 2.75) is 19.6 Å². The van der Waals surface area contributed by atoms with Gasteiger partial charge in [0.1, 0.15) is 0 Å². The van der Waals surface area contributed by atoms with Crippen molar-refractivity contribution in [3.05, 3.63) is 16.1 Å². The smallest absolute Gasteiger partial charge is 0.304 e. The quantitative estimate of drug-likeness (QED) is 0.826. The van der Waals surface area contributed by atoms with Crippen LogP contribution in [0.1, 0.15) is 9.88 Å². The van der Waals surface area contributed by atoms with Crippen LogP contribution < -0.4 is 5.32 Å². The average Bonchev–Trinajstić information content (AvgIpc) is 2.33. The Labute approximate surface area is 77.8 Å². The Kier molecular flexibility index (Phi) is 3.27. The highest BCUT2D eigenvalue weighted by atomic mass is 32.1. The molecule has 0 radical (unpaired) electrons. The van der Waals surface area contributed by atoms with Crippen molar-refractivity contribution < 1.29 is 13.2 Å². The lowest BCUT2D eigenvalue weighted by molar-refractivity contribution is -0.125. The molecule has 0 fully saturated rings. The number of hydrogen-bond donors (Lipinski definition) is 1. The molecule has 74 valence electrons. The number of rotatable bonds is 3. The normalized spacial score (nSPS) is 12.0. The first-order chi connectivity index (χ1) is 5.97. The van der Waals surface area contributed by atoms with Crippen LogP contribution in [-0.2, 0) is 6.54 Å². The molecular formula is C7H9F3N2S. The van der Waals surface area contributed by atoms with Gasteiger partial charge in [0.15, 0.2) is 0 Å². The van der Waals surface area contributed by atoms with Crippen LogP contribution in [0.4, 0.5) is 13.2 Å². The second-order valence-electron chi connectivity index (χ2n) is 2.56. The molecule has 1 heterocycles. The van der Waals surface area contributed by atoms with E-state index in [9.17, 15) is 13.2 Å². The van der Waals surface area contributed by atoms with E-state index < -0.39 is 12.7 Å². The van der Waals surface area contributed by atoms with E-state index in [1.807, 2.05) is 6.92 Å². The highest BCUT2D eigenvalue weighted by Crippen LogP contribution is 2.14. The van der Waals surface area contributed by atoms with E-state index in [1.54, 1.807) is 6.20 Å². The van der Waals surface area contributed by atoms with Crippen LogP contribution in [0.25, 0.3) is 0 Å². The van der Waals surface area contributed by atoms with E-state index in [0.29, 0.717) is 0 Å². The molecule has 0 bridgehead atoms. The number of nitrogens with zero attached hydrogens (tertiary/aromatic N) is 1. The molecular weight excluding hydrogens is 201 g/mol. The minimum atomic E-state index is -4.14. The number of alkyl halides is 3. The van der Waals surface area contributed by atoms with E-state index >= 15 is 0 Å². The molecule has 1 rings (SSSR count). The maximum Gasteiger partial charge on any atom is 0.401 e. The van der Waals surface area contributed by atoms with Crippen molar-refractivity contribution in [1.82, 2.24) is 10.3 Å². The fourth-order valence-electron chi connectivity index (χ4n) is 0.814. The van der Waals surface area contributed by atoms with Gasteiger partial charge in [-0.1, -0.05) is 0 Å². The van der Waals surface area contributed by atoms with Crippen LogP contribution in [0.5, 0.6) is 0 Å². The Morgan fingerprint density at radius 3 is 2.69 bits per heavy atom. The predicted octanol–water partition coefficient (Wildman–Crippen LogP) is 2.10. The summed E-state index contributed by atoms with van der Waals surface area (Å²) in [5, 5.41) is 3.17. The number of nitrogens with one attached hydrogen (secondary N) is 1. The molecule has 1 aromatic heterocycles. The Balaban J connectivity index is 2.28. The van der Waals surface area contributed by atoms with Crippen LogP contribution in [0.15, 0.2) is 6.20 Å². The van der Waals surface area contributed by atoms with Crippen LogP contribution in [0.2, 0.25) is 0 Å². The molecule has 1 aromatic rings. The number of halogens is 3. The van der Waals surface area contributed by atoms with Gasteiger partial charge in [-0.2, -0.15) is 13.2 Å². The molecule has 13 heavy (non-hydrogen) atoms. The van der Waals surface area contributed by atoms with Gasteiger partial charge in [0.2, 0.25) is 0 Å². The topological polar surface area (TPSA) is 24.9 Å². The minimum absolute atomic E-state index is 0.227. The van der Waals surface area contributed by atoms with Gasteiger partial charge in [-0.15, -0.1) is 11.3 Å². The third-order valence-corrected chi connectivity index (χ3v) is 2.21. The first-order valence-electron chi connectivity index (χ1n) is 3.66. The first kappa shape index (κ1) is 10.5. The van der Waals surface area contributed by atoms with Crippen molar-refractivity contribution >= 4 is 11.3 Å². The molecule has 0 saturated heterocycles. The van der Waals surface area contributed by atoms with Crippen molar-refractivity contribution in [2.75, 3.05) is 6.54 Å².